The van der Waals surface area contributed by atoms with Crippen LogP contribution in [0.5, 0.6) is 0 Å². The second kappa shape index (κ2) is 9.38. The van der Waals surface area contributed by atoms with Gasteiger partial charge in [0.15, 0.2) is 11.3 Å². The van der Waals surface area contributed by atoms with E-state index in [4.69, 9.17) is 23.2 Å². The van der Waals surface area contributed by atoms with Crippen molar-refractivity contribution in [2.75, 3.05) is 0 Å². The Morgan fingerprint density at radius 3 is 2.44 bits per heavy atom. The largest absolute Gasteiger partial charge is 0.417 e. The highest BCUT2D eigenvalue weighted by molar-refractivity contribution is 6.36. The number of carbonyl (C=O) groups is 1. The van der Waals surface area contributed by atoms with Gasteiger partial charge in [0.1, 0.15) is 5.02 Å². The summed E-state index contributed by atoms with van der Waals surface area (Å²) in [5.74, 6) is -0.475. The van der Waals surface area contributed by atoms with Crippen LogP contribution >= 0.6 is 23.2 Å². The smallest absolute Gasteiger partial charge is 0.294 e. The number of aryl methyl sites for hydroxylation is 2. The fourth-order valence-corrected chi connectivity index (χ4v) is 4.28. The van der Waals surface area contributed by atoms with Gasteiger partial charge in [-0.2, -0.15) is 18.3 Å². The number of hydrogen-bond donors (Lipinski definition) is 0. The van der Waals surface area contributed by atoms with E-state index in [0.29, 0.717) is 23.1 Å². The molecule has 0 aliphatic heterocycles. The highest BCUT2D eigenvalue weighted by Gasteiger charge is 2.55. The molecule has 3 aromatic rings. The van der Waals surface area contributed by atoms with E-state index in [0.717, 1.165) is 24.0 Å². The minimum Gasteiger partial charge on any atom is -0.294 e. The molecule has 1 aromatic heterocycles. The summed E-state index contributed by atoms with van der Waals surface area (Å²) in [6.45, 7) is 4.40. The lowest BCUT2D eigenvalue weighted by Crippen LogP contribution is -2.46. The van der Waals surface area contributed by atoms with Crippen molar-refractivity contribution in [3.63, 3.8) is 0 Å². The molecule has 11 heteroatoms. The number of alkyl halides is 3. The van der Waals surface area contributed by atoms with Gasteiger partial charge in [-0.3, -0.25) is 19.6 Å². The molecule has 6 nitrogen and oxygen atoms in total. The van der Waals surface area contributed by atoms with Gasteiger partial charge in [-0.05, 0) is 48.6 Å². The molecule has 1 heterocycles. The lowest BCUT2D eigenvalue weighted by atomic mass is 9.84. The number of ketones is 1. The molecular weight excluding hydrogens is 494 g/mol. The molecular formula is C23H20Cl2F3N3O3. The number of nitro groups is 1. The number of aromatic nitrogens is 2. The normalized spacial score (nSPS) is 13.5. The van der Waals surface area contributed by atoms with Gasteiger partial charge >= 0.3 is 6.18 Å². The molecule has 0 saturated heterocycles. The van der Waals surface area contributed by atoms with E-state index in [9.17, 15) is 28.1 Å². The van der Waals surface area contributed by atoms with E-state index < -0.39 is 28.1 Å². The highest BCUT2D eigenvalue weighted by atomic mass is 35.5. The van der Waals surface area contributed by atoms with E-state index in [-0.39, 0.29) is 27.6 Å². The second-order valence-corrected chi connectivity index (χ2v) is 8.77. The predicted octanol–water partition coefficient (Wildman–Crippen LogP) is 6.72. The number of benzene rings is 2. The van der Waals surface area contributed by atoms with Crippen molar-refractivity contribution in [3.05, 3.63) is 90.7 Å². The van der Waals surface area contributed by atoms with Gasteiger partial charge in [0.05, 0.1) is 16.1 Å². The van der Waals surface area contributed by atoms with Crippen molar-refractivity contribution in [2.45, 2.75) is 45.3 Å². The molecule has 0 aliphatic carbocycles. The van der Waals surface area contributed by atoms with Crippen molar-refractivity contribution in [3.8, 4) is 0 Å². The Morgan fingerprint density at radius 1 is 1.24 bits per heavy atom. The first-order valence-electron chi connectivity index (χ1n) is 10.2. The molecule has 180 valence electrons. The predicted molar refractivity (Wildman–Crippen MR) is 123 cm³/mol. The monoisotopic (exact) mass is 513 g/mol. The third-order valence-corrected chi connectivity index (χ3v) is 6.47. The first-order valence-corrected chi connectivity index (χ1v) is 10.9. The Hall–Kier alpha value is -2.91. The Labute approximate surface area is 203 Å². The van der Waals surface area contributed by atoms with Crippen LogP contribution < -0.4 is 0 Å². The number of carbonyl (C=O) groups excluding carboxylic acids is 1. The SMILES string of the molecule is CCc1cc(C(C)(n2cc(Cl)cn2)C(F)(F)F)cc(C)c1CC(=O)c1cccc([N+](=O)[O-])c1Cl. The van der Waals surface area contributed by atoms with Crippen LogP contribution in [0.1, 0.15) is 46.5 Å². The van der Waals surface area contributed by atoms with Crippen LogP contribution in [0, 0.1) is 17.0 Å². The minimum absolute atomic E-state index is 0.0206. The molecule has 0 aliphatic rings. The third-order valence-electron chi connectivity index (χ3n) is 5.88. The zero-order chi connectivity index (χ0) is 25.4. The summed E-state index contributed by atoms with van der Waals surface area (Å²) < 4.78 is 43.7. The van der Waals surface area contributed by atoms with Gasteiger partial charge < -0.3 is 0 Å². The van der Waals surface area contributed by atoms with Gasteiger partial charge in [-0.15, -0.1) is 0 Å². The van der Waals surface area contributed by atoms with Crippen LogP contribution in [0.3, 0.4) is 0 Å². The Bertz CT molecular complexity index is 1270. The number of halogens is 5. The fraction of sp³-hybridized carbons (Fsp3) is 0.304. The first kappa shape index (κ1) is 25.7. The Balaban J connectivity index is 2.09. The molecule has 0 fully saturated rings. The van der Waals surface area contributed by atoms with Crippen LogP contribution in [0.15, 0.2) is 42.7 Å². The molecule has 0 N–H and O–H groups in total. The van der Waals surface area contributed by atoms with Gasteiger partial charge in [-0.25, -0.2) is 0 Å². The maximum atomic E-state index is 14.3. The van der Waals surface area contributed by atoms with Gasteiger partial charge in [-0.1, -0.05) is 48.3 Å². The lowest BCUT2D eigenvalue weighted by Gasteiger charge is -2.34. The molecule has 0 bridgehead atoms. The van der Waals surface area contributed by atoms with Crippen molar-refractivity contribution < 1.29 is 22.9 Å². The molecule has 0 spiro atoms. The molecule has 0 amide bonds. The molecule has 1 unspecified atom stereocenters. The summed E-state index contributed by atoms with van der Waals surface area (Å²) in [5.41, 5.74) is -1.42. The average molecular weight is 514 g/mol. The van der Waals surface area contributed by atoms with Crippen molar-refractivity contribution in [1.29, 1.82) is 0 Å². The molecule has 1 atom stereocenters. The summed E-state index contributed by atoms with van der Waals surface area (Å²) in [7, 11) is 0. The summed E-state index contributed by atoms with van der Waals surface area (Å²) in [4.78, 5) is 23.4. The maximum absolute atomic E-state index is 14.3. The highest BCUT2D eigenvalue weighted by Crippen LogP contribution is 2.43. The fourth-order valence-electron chi connectivity index (χ4n) is 3.84. The first-order chi connectivity index (χ1) is 15.8. The Kier molecular flexibility index (Phi) is 7.10. The van der Waals surface area contributed by atoms with Crippen LogP contribution in [-0.2, 0) is 18.4 Å². The van der Waals surface area contributed by atoms with Crippen LogP contribution in [-0.4, -0.2) is 26.7 Å². The van der Waals surface area contributed by atoms with Crippen molar-refractivity contribution >= 4 is 34.7 Å². The van der Waals surface area contributed by atoms with E-state index in [1.54, 1.807) is 13.8 Å². The summed E-state index contributed by atoms with van der Waals surface area (Å²) >= 11 is 11.9. The van der Waals surface area contributed by atoms with Crippen LogP contribution in [0.4, 0.5) is 18.9 Å². The molecule has 34 heavy (non-hydrogen) atoms. The number of rotatable bonds is 7. The number of nitro benzene ring substituents is 1. The second-order valence-electron chi connectivity index (χ2n) is 7.95. The number of Topliss-reactive ketones (excluding diaryl/α,β-unsaturated/α-hetero) is 1. The van der Waals surface area contributed by atoms with E-state index in [1.165, 1.54) is 30.3 Å². The van der Waals surface area contributed by atoms with Gasteiger partial charge in [0.2, 0.25) is 0 Å². The van der Waals surface area contributed by atoms with E-state index in [1.807, 2.05) is 0 Å². The molecule has 3 rings (SSSR count). The molecule has 0 radical (unpaired) electrons. The maximum Gasteiger partial charge on any atom is 0.417 e. The summed E-state index contributed by atoms with van der Waals surface area (Å²) in [6, 6.07) is 6.72. The standard InChI is InChI=1S/C23H20Cl2F3N3O3/c1-4-14-9-15(22(3,23(26,27)28)30-12-16(24)11-29-30)8-13(2)18(14)10-20(32)17-6-5-7-19(21(17)25)31(33)34/h5-9,11-12H,4,10H2,1-3H3. The quantitative estimate of drug-likeness (QED) is 0.199. The minimum atomic E-state index is -4.70. The average Bonchev–Trinajstić information content (AvgIpc) is 3.19. The van der Waals surface area contributed by atoms with Crippen LogP contribution in [0.2, 0.25) is 10.0 Å². The van der Waals surface area contributed by atoms with E-state index >= 15 is 0 Å². The van der Waals surface area contributed by atoms with Gasteiger partial charge in [0, 0.05) is 24.2 Å². The summed E-state index contributed by atoms with van der Waals surface area (Å²) in [5, 5.41) is 14.7. The zero-order valence-electron chi connectivity index (χ0n) is 18.4. The van der Waals surface area contributed by atoms with Gasteiger partial charge in [0.25, 0.3) is 5.69 Å². The molecule has 2 aromatic carbocycles. The zero-order valence-corrected chi connectivity index (χ0v) is 19.9. The van der Waals surface area contributed by atoms with Crippen LogP contribution in [0.25, 0.3) is 0 Å². The Morgan fingerprint density at radius 2 is 1.91 bits per heavy atom. The third kappa shape index (κ3) is 4.54. The number of nitrogens with zero attached hydrogens (tertiary/aromatic N) is 3. The number of hydrogen-bond acceptors (Lipinski definition) is 4. The lowest BCUT2D eigenvalue weighted by molar-refractivity contribution is -0.384. The topological polar surface area (TPSA) is 78.0 Å². The summed E-state index contributed by atoms with van der Waals surface area (Å²) in [6.07, 6.45) is -2.28. The van der Waals surface area contributed by atoms with Crippen molar-refractivity contribution in [2.24, 2.45) is 0 Å². The van der Waals surface area contributed by atoms with Crippen molar-refractivity contribution in [1.82, 2.24) is 9.78 Å². The molecule has 0 saturated carbocycles. The van der Waals surface area contributed by atoms with E-state index in [2.05, 4.69) is 5.10 Å².